The van der Waals surface area contributed by atoms with Crippen molar-refractivity contribution < 1.29 is 0 Å². The second-order valence-electron chi connectivity index (χ2n) is 13.1. The van der Waals surface area contributed by atoms with Crippen LogP contribution in [0.4, 0.5) is 11.4 Å². The number of nitrogens with two attached hydrogens (primary N) is 2. The van der Waals surface area contributed by atoms with Crippen molar-refractivity contribution in [3.8, 4) is 0 Å². The van der Waals surface area contributed by atoms with Crippen LogP contribution in [0.3, 0.4) is 0 Å². The van der Waals surface area contributed by atoms with E-state index in [1.54, 1.807) is 0 Å². The molecule has 0 fully saturated rings. The summed E-state index contributed by atoms with van der Waals surface area (Å²) in [6.07, 6.45) is 23.4. The number of rotatable bonds is 13. The molecule has 0 saturated heterocycles. The van der Waals surface area contributed by atoms with E-state index >= 15 is 0 Å². The van der Waals surface area contributed by atoms with Crippen molar-refractivity contribution in [1.82, 2.24) is 9.97 Å². The summed E-state index contributed by atoms with van der Waals surface area (Å²) in [6.45, 7) is 0. The topological polar surface area (TPSA) is 77.8 Å². The number of pyridine rings is 2. The highest BCUT2D eigenvalue weighted by atomic mass is 14.8. The number of nitrogen functional groups attached to an aromatic ring is 2. The summed E-state index contributed by atoms with van der Waals surface area (Å²) >= 11 is 0. The molecule has 0 saturated carbocycles. The van der Waals surface area contributed by atoms with Gasteiger partial charge < -0.3 is 11.5 Å². The van der Waals surface area contributed by atoms with Gasteiger partial charge in [0.25, 0.3) is 0 Å². The predicted molar refractivity (Wildman–Crippen MR) is 179 cm³/mol. The Balaban J connectivity index is 0.850. The fourth-order valence-corrected chi connectivity index (χ4v) is 8.00. The first-order chi connectivity index (χ1) is 20.7. The Morgan fingerprint density at radius 3 is 1.33 bits per heavy atom. The molecule has 2 atom stereocenters. The maximum Gasteiger partial charge on any atom is 0.0726 e. The van der Waals surface area contributed by atoms with Crippen LogP contribution in [0.25, 0.3) is 21.8 Å². The lowest BCUT2D eigenvalue weighted by Crippen LogP contribution is -2.15. The molecular formula is C38H50N4. The van der Waals surface area contributed by atoms with Gasteiger partial charge in [-0.3, -0.25) is 9.97 Å². The molecule has 2 aromatic carbocycles. The fourth-order valence-electron chi connectivity index (χ4n) is 8.00. The number of hydrogen-bond acceptors (Lipinski definition) is 4. The van der Waals surface area contributed by atoms with E-state index in [4.69, 9.17) is 21.4 Å². The van der Waals surface area contributed by atoms with Gasteiger partial charge in [-0.2, -0.15) is 0 Å². The molecule has 2 heterocycles. The van der Waals surface area contributed by atoms with E-state index in [0.29, 0.717) is 11.8 Å². The van der Waals surface area contributed by atoms with Gasteiger partial charge in [0.15, 0.2) is 0 Å². The number of benzene rings is 2. The van der Waals surface area contributed by atoms with Gasteiger partial charge in [0, 0.05) is 44.7 Å². The zero-order valence-electron chi connectivity index (χ0n) is 25.6. The molecule has 0 amide bonds. The summed E-state index contributed by atoms with van der Waals surface area (Å²) in [5, 5.41) is 2.27. The Hall–Kier alpha value is -3.14. The molecule has 0 aliphatic heterocycles. The smallest absolute Gasteiger partial charge is 0.0726 e. The van der Waals surface area contributed by atoms with Gasteiger partial charge in [-0.25, -0.2) is 0 Å². The first-order valence-corrected chi connectivity index (χ1v) is 17.0. The zero-order valence-corrected chi connectivity index (χ0v) is 25.6. The molecule has 0 radical (unpaired) electrons. The standard InChI is InChI=1S/C38H50N4/c39-37-29-21-11-13-23-31(29)41-33-25-15-19-27(35(33)37)17-9-7-5-3-1-2-4-6-8-10-18-28-20-16-26-34-36(28)38(40)30-22-12-14-24-32(30)42-34/h11-14,21-24,27-28H,1-10,15-20,25-26H2,(H2,39,41)(H2,40,42). The zero-order chi connectivity index (χ0) is 28.7. The molecule has 2 aliphatic carbocycles. The molecule has 42 heavy (non-hydrogen) atoms. The third-order valence-electron chi connectivity index (χ3n) is 10.2. The fraction of sp³-hybridized carbons (Fsp3) is 0.526. The Labute approximate surface area is 252 Å². The average Bonchev–Trinajstić information content (AvgIpc) is 3.01. The second kappa shape index (κ2) is 13.9. The van der Waals surface area contributed by atoms with Crippen LogP contribution in [0, 0.1) is 0 Å². The van der Waals surface area contributed by atoms with Gasteiger partial charge in [0.2, 0.25) is 0 Å². The Bertz CT molecular complexity index is 1380. The van der Waals surface area contributed by atoms with Crippen LogP contribution >= 0.6 is 0 Å². The SMILES string of the molecule is Nc1c2c(nc3ccccc13)CCCC2CCCCCCCCCCCCC1CCCc2nc3ccccc3c(N)c21. The van der Waals surface area contributed by atoms with Crippen molar-refractivity contribution in [2.75, 3.05) is 11.5 Å². The Morgan fingerprint density at radius 2 is 0.905 bits per heavy atom. The molecule has 4 aromatic rings. The van der Waals surface area contributed by atoms with Crippen molar-refractivity contribution in [1.29, 1.82) is 0 Å². The maximum atomic E-state index is 6.69. The lowest BCUT2D eigenvalue weighted by Gasteiger charge is -2.27. The number of unbranched alkanes of at least 4 members (excludes halogenated alkanes) is 9. The molecule has 0 spiro atoms. The summed E-state index contributed by atoms with van der Waals surface area (Å²) in [5.74, 6) is 1.19. The van der Waals surface area contributed by atoms with Crippen LogP contribution in [0.2, 0.25) is 0 Å². The van der Waals surface area contributed by atoms with Gasteiger partial charge in [0.05, 0.1) is 11.0 Å². The summed E-state index contributed by atoms with van der Waals surface area (Å²) in [7, 11) is 0. The molecule has 4 nitrogen and oxygen atoms in total. The first kappa shape index (κ1) is 29.0. The number of hydrogen-bond donors (Lipinski definition) is 2. The van der Waals surface area contributed by atoms with Crippen LogP contribution in [-0.4, -0.2) is 9.97 Å². The van der Waals surface area contributed by atoms with E-state index in [-0.39, 0.29) is 0 Å². The minimum Gasteiger partial charge on any atom is -0.398 e. The van der Waals surface area contributed by atoms with Crippen molar-refractivity contribution in [2.24, 2.45) is 0 Å². The third-order valence-corrected chi connectivity index (χ3v) is 10.2. The van der Waals surface area contributed by atoms with Gasteiger partial charge >= 0.3 is 0 Å². The van der Waals surface area contributed by atoms with E-state index in [2.05, 4.69) is 48.5 Å². The van der Waals surface area contributed by atoms with Gasteiger partial charge in [-0.05, 0) is 75.3 Å². The molecule has 2 unspecified atom stereocenters. The van der Waals surface area contributed by atoms with Gasteiger partial charge in [-0.15, -0.1) is 0 Å². The normalized spacial score (nSPS) is 18.3. The van der Waals surface area contributed by atoms with E-state index < -0.39 is 0 Å². The average molecular weight is 563 g/mol. The van der Waals surface area contributed by atoms with E-state index in [1.165, 1.54) is 125 Å². The molecule has 0 bridgehead atoms. The quantitative estimate of drug-likeness (QED) is 0.159. The highest BCUT2D eigenvalue weighted by Gasteiger charge is 2.26. The summed E-state index contributed by atoms with van der Waals surface area (Å²) in [6, 6.07) is 16.8. The Kier molecular flexibility index (Phi) is 9.57. The summed E-state index contributed by atoms with van der Waals surface area (Å²) < 4.78 is 0. The first-order valence-electron chi connectivity index (χ1n) is 17.0. The van der Waals surface area contributed by atoms with E-state index in [9.17, 15) is 0 Å². The van der Waals surface area contributed by atoms with Crippen molar-refractivity contribution >= 4 is 33.2 Å². The Morgan fingerprint density at radius 1 is 0.524 bits per heavy atom. The minimum absolute atomic E-state index is 0.597. The second-order valence-corrected chi connectivity index (χ2v) is 13.1. The highest BCUT2D eigenvalue weighted by molar-refractivity contribution is 5.93. The van der Waals surface area contributed by atoms with Gasteiger partial charge in [-0.1, -0.05) is 101 Å². The number of aromatic nitrogens is 2. The van der Waals surface area contributed by atoms with Crippen LogP contribution in [0.5, 0.6) is 0 Å². The van der Waals surface area contributed by atoms with Crippen LogP contribution in [0.1, 0.15) is 137 Å². The largest absolute Gasteiger partial charge is 0.398 e. The predicted octanol–water partition coefficient (Wildman–Crippen LogP) is 10.2. The van der Waals surface area contributed by atoms with Crippen LogP contribution in [-0.2, 0) is 12.8 Å². The minimum atomic E-state index is 0.597. The summed E-state index contributed by atoms with van der Waals surface area (Å²) in [5.41, 5.74) is 22.8. The van der Waals surface area contributed by atoms with Crippen molar-refractivity contribution in [2.45, 2.75) is 127 Å². The van der Waals surface area contributed by atoms with Crippen molar-refractivity contribution in [3.63, 3.8) is 0 Å². The molecular weight excluding hydrogens is 512 g/mol. The molecule has 222 valence electrons. The van der Waals surface area contributed by atoms with Gasteiger partial charge in [0.1, 0.15) is 0 Å². The van der Waals surface area contributed by atoms with Crippen molar-refractivity contribution in [3.05, 3.63) is 71.0 Å². The van der Waals surface area contributed by atoms with Crippen LogP contribution < -0.4 is 11.5 Å². The molecule has 2 aliphatic rings. The monoisotopic (exact) mass is 562 g/mol. The maximum absolute atomic E-state index is 6.69. The molecule has 4 heteroatoms. The number of para-hydroxylation sites is 2. The lowest BCUT2D eigenvalue weighted by molar-refractivity contribution is 0.471. The number of nitrogens with zero attached hydrogens (tertiary/aromatic N) is 2. The number of aryl methyl sites for hydroxylation is 2. The third kappa shape index (κ3) is 6.43. The molecule has 4 N–H and O–H groups in total. The molecule has 2 aromatic heterocycles. The van der Waals surface area contributed by atoms with E-state index in [0.717, 1.165) is 46.0 Å². The molecule has 6 rings (SSSR count). The lowest BCUT2D eigenvalue weighted by atomic mass is 9.80. The number of fused-ring (bicyclic) bond motifs is 4. The summed E-state index contributed by atoms with van der Waals surface area (Å²) in [4.78, 5) is 9.98. The highest BCUT2D eigenvalue weighted by Crippen LogP contribution is 2.42. The van der Waals surface area contributed by atoms with Crippen LogP contribution in [0.15, 0.2) is 48.5 Å². The number of anilines is 2. The van der Waals surface area contributed by atoms with E-state index in [1.807, 2.05) is 0 Å².